The van der Waals surface area contributed by atoms with Crippen molar-refractivity contribution in [3.05, 3.63) is 59.4 Å². The van der Waals surface area contributed by atoms with Gasteiger partial charge in [-0.2, -0.15) is 0 Å². The quantitative estimate of drug-likeness (QED) is 0.649. The Hall–Kier alpha value is -2.25. The number of rotatable bonds is 8. The predicted molar refractivity (Wildman–Crippen MR) is 110 cm³/mol. The molecule has 2 rings (SSSR count). The molecule has 0 aliphatic carbocycles. The minimum absolute atomic E-state index is 0.0147. The second kappa shape index (κ2) is 9.30. The van der Waals surface area contributed by atoms with Crippen LogP contribution in [0.3, 0.4) is 0 Å². The van der Waals surface area contributed by atoms with Gasteiger partial charge in [0.15, 0.2) is 9.84 Å². The largest absolute Gasteiger partial charge is 0.322 e. The highest BCUT2D eigenvalue weighted by atomic mass is 32.2. The molecular weight excluding hydrogens is 379 g/mol. The summed E-state index contributed by atoms with van der Waals surface area (Å²) in [5, 5.41) is 5.60. The van der Waals surface area contributed by atoms with Crippen molar-refractivity contribution in [2.75, 3.05) is 18.1 Å². The number of nitrogens with one attached hydrogen (secondary N) is 2. The summed E-state index contributed by atoms with van der Waals surface area (Å²) in [7, 11) is -3.49. The van der Waals surface area contributed by atoms with Crippen molar-refractivity contribution < 1.29 is 17.6 Å². The third-order valence-electron chi connectivity index (χ3n) is 4.56. The maximum absolute atomic E-state index is 13.9. The SMILES string of the molecule is CCC(NCC(=O)Nc1cc(S(C)(=O)=O)ccc1F)c1ccc(C(C)C)cc1. The van der Waals surface area contributed by atoms with E-state index in [0.29, 0.717) is 5.92 Å². The minimum Gasteiger partial charge on any atom is -0.322 e. The number of sulfone groups is 1. The Bertz CT molecular complexity index is 925. The molecule has 5 nitrogen and oxygen atoms in total. The van der Waals surface area contributed by atoms with Crippen molar-refractivity contribution in [2.24, 2.45) is 0 Å². The predicted octanol–water partition coefficient (Wildman–Crippen LogP) is 4.03. The molecule has 0 fully saturated rings. The Morgan fingerprint density at radius 1 is 1.07 bits per heavy atom. The van der Waals surface area contributed by atoms with E-state index >= 15 is 0 Å². The molecule has 152 valence electrons. The van der Waals surface area contributed by atoms with Gasteiger partial charge in [0.1, 0.15) is 5.82 Å². The van der Waals surface area contributed by atoms with Crippen LogP contribution in [0.5, 0.6) is 0 Å². The Morgan fingerprint density at radius 2 is 1.68 bits per heavy atom. The van der Waals surface area contributed by atoms with Crippen molar-refractivity contribution in [3.8, 4) is 0 Å². The summed E-state index contributed by atoms with van der Waals surface area (Å²) in [5.74, 6) is -0.677. The number of carbonyl (C=O) groups excluding carboxylic acids is 1. The Kier molecular flexibility index (Phi) is 7.32. The maximum Gasteiger partial charge on any atom is 0.238 e. The normalized spacial score (nSPS) is 12.8. The van der Waals surface area contributed by atoms with E-state index in [-0.39, 0.29) is 23.2 Å². The van der Waals surface area contributed by atoms with E-state index < -0.39 is 21.6 Å². The molecule has 1 amide bonds. The number of carbonyl (C=O) groups is 1. The Morgan fingerprint density at radius 3 is 2.21 bits per heavy atom. The van der Waals surface area contributed by atoms with Gasteiger partial charge in [-0.1, -0.05) is 45.0 Å². The fraction of sp³-hybridized carbons (Fsp3) is 0.381. The smallest absolute Gasteiger partial charge is 0.238 e. The third-order valence-corrected chi connectivity index (χ3v) is 5.67. The highest BCUT2D eigenvalue weighted by Gasteiger charge is 2.15. The fourth-order valence-electron chi connectivity index (χ4n) is 2.85. The molecule has 0 aliphatic rings. The van der Waals surface area contributed by atoms with Crippen LogP contribution in [0.2, 0.25) is 0 Å². The second-order valence-corrected chi connectivity index (χ2v) is 9.14. The van der Waals surface area contributed by atoms with Crippen molar-refractivity contribution in [1.82, 2.24) is 5.32 Å². The summed E-state index contributed by atoms with van der Waals surface area (Å²) in [6, 6.07) is 11.6. The first-order chi connectivity index (χ1) is 13.1. The molecule has 0 heterocycles. The average Bonchev–Trinajstić information content (AvgIpc) is 2.63. The zero-order chi connectivity index (χ0) is 20.9. The summed E-state index contributed by atoms with van der Waals surface area (Å²) >= 11 is 0. The molecular formula is C21H27FN2O3S. The van der Waals surface area contributed by atoms with Gasteiger partial charge < -0.3 is 10.6 Å². The summed E-state index contributed by atoms with van der Waals surface area (Å²) < 4.78 is 37.1. The summed E-state index contributed by atoms with van der Waals surface area (Å²) in [4.78, 5) is 12.2. The van der Waals surface area contributed by atoms with Crippen LogP contribution in [-0.2, 0) is 14.6 Å². The average molecular weight is 407 g/mol. The van der Waals surface area contributed by atoms with Gasteiger partial charge in [-0.3, -0.25) is 4.79 Å². The molecule has 28 heavy (non-hydrogen) atoms. The van der Waals surface area contributed by atoms with E-state index in [2.05, 4.69) is 36.6 Å². The molecule has 0 saturated carbocycles. The van der Waals surface area contributed by atoms with Crippen molar-refractivity contribution >= 4 is 21.4 Å². The van der Waals surface area contributed by atoms with Gasteiger partial charge in [0, 0.05) is 12.3 Å². The lowest BCUT2D eigenvalue weighted by Gasteiger charge is -2.18. The molecule has 1 atom stereocenters. The second-order valence-electron chi connectivity index (χ2n) is 7.13. The maximum atomic E-state index is 13.9. The number of hydrogen-bond acceptors (Lipinski definition) is 4. The lowest BCUT2D eigenvalue weighted by Crippen LogP contribution is -2.31. The topological polar surface area (TPSA) is 75.3 Å². The Balaban J connectivity index is 2.03. The molecule has 0 spiro atoms. The molecule has 0 radical (unpaired) electrons. The molecule has 0 aliphatic heterocycles. The third kappa shape index (κ3) is 5.87. The Labute approximate surface area is 166 Å². The van der Waals surface area contributed by atoms with Crippen LogP contribution >= 0.6 is 0 Å². The molecule has 2 N–H and O–H groups in total. The van der Waals surface area contributed by atoms with Gasteiger partial charge in [0.05, 0.1) is 17.1 Å². The number of anilines is 1. The van der Waals surface area contributed by atoms with Gasteiger partial charge in [0.25, 0.3) is 0 Å². The molecule has 0 aromatic heterocycles. The van der Waals surface area contributed by atoms with Crippen LogP contribution in [0.4, 0.5) is 10.1 Å². The van der Waals surface area contributed by atoms with Gasteiger partial charge in [-0.05, 0) is 41.7 Å². The zero-order valence-corrected chi connectivity index (χ0v) is 17.4. The van der Waals surface area contributed by atoms with E-state index in [1.54, 1.807) is 0 Å². The molecule has 1 unspecified atom stereocenters. The van der Waals surface area contributed by atoms with Crippen molar-refractivity contribution in [2.45, 2.75) is 44.0 Å². The molecule has 2 aromatic rings. The molecule has 2 aromatic carbocycles. The van der Waals surface area contributed by atoms with Gasteiger partial charge in [0.2, 0.25) is 5.91 Å². The lowest BCUT2D eigenvalue weighted by molar-refractivity contribution is -0.115. The number of amides is 1. The van der Waals surface area contributed by atoms with Gasteiger partial charge in [-0.25, -0.2) is 12.8 Å². The van der Waals surface area contributed by atoms with Gasteiger partial charge in [-0.15, -0.1) is 0 Å². The number of hydrogen-bond donors (Lipinski definition) is 2. The number of halogens is 1. The van der Waals surface area contributed by atoms with Crippen LogP contribution in [-0.4, -0.2) is 27.1 Å². The monoisotopic (exact) mass is 406 g/mol. The van der Waals surface area contributed by atoms with E-state index in [9.17, 15) is 17.6 Å². The molecule has 7 heteroatoms. The van der Waals surface area contributed by atoms with E-state index in [0.717, 1.165) is 30.4 Å². The first kappa shape index (κ1) is 22.0. The summed E-state index contributed by atoms with van der Waals surface area (Å²) in [6.45, 7) is 6.26. The van der Waals surface area contributed by atoms with Crippen LogP contribution in [0.1, 0.15) is 50.3 Å². The van der Waals surface area contributed by atoms with Crippen molar-refractivity contribution in [1.29, 1.82) is 0 Å². The van der Waals surface area contributed by atoms with E-state index in [1.165, 1.54) is 11.6 Å². The van der Waals surface area contributed by atoms with Crippen LogP contribution in [0.25, 0.3) is 0 Å². The van der Waals surface area contributed by atoms with Gasteiger partial charge >= 0.3 is 0 Å². The molecule has 0 bridgehead atoms. The fourth-order valence-corrected chi connectivity index (χ4v) is 3.50. The van der Waals surface area contributed by atoms with E-state index in [4.69, 9.17) is 0 Å². The highest BCUT2D eigenvalue weighted by molar-refractivity contribution is 7.90. The zero-order valence-electron chi connectivity index (χ0n) is 16.6. The van der Waals surface area contributed by atoms with Crippen molar-refractivity contribution in [3.63, 3.8) is 0 Å². The van der Waals surface area contributed by atoms with Crippen LogP contribution < -0.4 is 10.6 Å². The van der Waals surface area contributed by atoms with E-state index in [1.807, 2.05) is 19.1 Å². The first-order valence-corrected chi connectivity index (χ1v) is 11.1. The summed E-state index contributed by atoms with van der Waals surface area (Å²) in [6.07, 6.45) is 1.82. The lowest BCUT2D eigenvalue weighted by atomic mass is 9.98. The first-order valence-electron chi connectivity index (χ1n) is 9.24. The highest BCUT2D eigenvalue weighted by Crippen LogP contribution is 2.21. The standard InChI is InChI=1S/C21H27FN2O3S/c1-5-19(16-8-6-15(7-9-16)14(2)3)23-13-21(25)24-20-12-17(28(4,26)27)10-11-18(20)22/h6-12,14,19,23H,5,13H2,1-4H3,(H,24,25). The van der Waals surface area contributed by atoms with Crippen LogP contribution in [0, 0.1) is 5.82 Å². The van der Waals surface area contributed by atoms with Crippen LogP contribution in [0.15, 0.2) is 47.4 Å². The molecule has 0 saturated heterocycles. The minimum atomic E-state index is -3.49. The number of benzene rings is 2. The summed E-state index contributed by atoms with van der Waals surface area (Å²) in [5.41, 5.74) is 2.17.